The molecule has 36 heavy (non-hydrogen) atoms. The number of nitrogens with zero attached hydrogens (tertiary/aromatic N) is 3. The van der Waals surface area contributed by atoms with Gasteiger partial charge >= 0.3 is 12.1 Å². The number of carbonyl (C=O) groups is 1. The molecule has 0 radical (unpaired) electrons. The summed E-state index contributed by atoms with van der Waals surface area (Å²) in [6.45, 7) is 1.61. The van der Waals surface area contributed by atoms with Crippen LogP contribution in [0.3, 0.4) is 0 Å². The highest BCUT2D eigenvalue weighted by Gasteiger charge is 2.40. The molecule has 0 saturated carbocycles. The van der Waals surface area contributed by atoms with Crippen molar-refractivity contribution in [2.24, 2.45) is 0 Å². The van der Waals surface area contributed by atoms with E-state index < -0.39 is 40.1 Å². The summed E-state index contributed by atoms with van der Waals surface area (Å²) in [5, 5.41) is 4.54. The monoisotopic (exact) mass is 519 g/mol. The van der Waals surface area contributed by atoms with Gasteiger partial charge in [-0.05, 0) is 54.8 Å². The van der Waals surface area contributed by atoms with Gasteiger partial charge in [-0.3, -0.25) is 4.79 Å². The van der Waals surface area contributed by atoms with Crippen molar-refractivity contribution in [1.29, 1.82) is 0 Å². The first kappa shape index (κ1) is 25.6. The Balaban J connectivity index is 1.93. The molecule has 0 amide bonds. The molecule has 0 saturated heterocycles. The van der Waals surface area contributed by atoms with Crippen molar-refractivity contribution in [3.05, 3.63) is 83.4 Å². The van der Waals surface area contributed by atoms with Gasteiger partial charge in [-0.25, -0.2) is 13.9 Å². The second-order valence-corrected chi connectivity index (χ2v) is 9.70. The number of alkyl halides is 3. The van der Waals surface area contributed by atoms with E-state index in [9.17, 15) is 26.9 Å². The number of aromatic nitrogens is 3. The molecule has 11 heteroatoms. The SMILES string of the molecule is COC(=O)[C@](C)(Cc1cccc(F)c1)c1ccnc2c(-c3ccc(C(F)(F)F)cc3)c([S+](C)[O-])nn12. The van der Waals surface area contributed by atoms with Crippen molar-refractivity contribution >= 4 is 22.8 Å². The van der Waals surface area contributed by atoms with Gasteiger partial charge in [-0.2, -0.15) is 13.2 Å². The minimum absolute atomic E-state index is 0.0522. The van der Waals surface area contributed by atoms with Crippen LogP contribution in [0.15, 0.2) is 65.8 Å². The fourth-order valence-electron chi connectivity index (χ4n) is 4.17. The Hall–Kier alpha value is -3.44. The van der Waals surface area contributed by atoms with E-state index in [2.05, 4.69) is 10.1 Å². The third-order valence-corrected chi connectivity index (χ3v) is 6.74. The fraction of sp³-hybridized carbons (Fsp3) is 0.240. The smallest absolute Gasteiger partial charge is 0.416 e. The maximum atomic E-state index is 13.9. The van der Waals surface area contributed by atoms with Crippen LogP contribution < -0.4 is 0 Å². The fourth-order valence-corrected chi connectivity index (χ4v) is 4.86. The van der Waals surface area contributed by atoms with Crippen LogP contribution in [0.25, 0.3) is 16.8 Å². The van der Waals surface area contributed by atoms with Crippen molar-refractivity contribution < 1.29 is 31.6 Å². The zero-order chi connectivity index (χ0) is 26.3. The summed E-state index contributed by atoms with van der Waals surface area (Å²) < 4.78 is 72.1. The third kappa shape index (κ3) is 4.68. The zero-order valence-electron chi connectivity index (χ0n) is 19.5. The molecule has 4 aromatic rings. The summed E-state index contributed by atoms with van der Waals surface area (Å²) in [4.78, 5) is 17.4. The van der Waals surface area contributed by atoms with E-state index in [1.165, 1.54) is 54.4 Å². The number of fused-ring (bicyclic) bond motifs is 1. The minimum Gasteiger partial charge on any atom is -0.610 e. The van der Waals surface area contributed by atoms with Crippen molar-refractivity contribution in [3.63, 3.8) is 0 Å². The van der Waals surface area contributed by atoms with Gasteiger partial charge in [0.25, 0.3) is 5.03 Å². The molecular formula is C25H21F4N3O3S. The Labute approximate surface area is 207 Å². The molecule has 188 valence electrons. The molecule has 2 heterocycles. The second kappa shape index (κ2) is 9.55. The van der Waals surface area contributed by atoms with E-state index in [1.807, 2.05) is 0 Å². The predicted octanol–water partition coefficient (Wildman–Crippen LogP) is 4.97. The third-order valence-electron chi connectivity index (χ3n) is 5.91. The molecule has 2 aromatic carbocycles. The minimum atomic E-state index is -4.51. The molecule has 0 bridgehead atoms. The first-order chi connectivity index (χ1) is 17.0. The second-order valence-electron chi connectivity index (χ2n) is 8.41. The highest BCUT2D eigenvalue weighted by Crippen LogP contribution is 2.37. The molecule has 0 aliphatic carbocycles. The van der Waals surface area contributed by atoms with Gasteiger partial charge in [0.15, 0.2) is 5.65 Å². The summed E-state index contributed by atoms with van der Waals surface area (Å²) in [5.74, 6) is -1.09. The highest BCUT2D eigenvalue weighted by atomic mass is 32.2. The molecule has 2 aromatic heterocycles. The molecule has 4 rings (SSSR count). The van der Waals surface area contributed by atoms with E-state index in [1.54, 1.807) is 19.1 Å². The first-order valence-corrected chi connectivity index (χ1v) is 12.2. The average molecular weight is 520 g/mol. The van der Waals surface area contributed by atoms with Gasteiger partial charge in [0.2, 0.25) is 0 Å². The number of carbonyl (C=O) groups excluding carboxylic acids is 1. The molecule has 0 aliphatic rings. The number of rotatable bonds is 6. The number of halogens is 4. The molecule has 0 aliphatic heterocycles. The Kier molecular flexibility index (Phi) is 6.80. The molecule has 0 spiro atoms. The lowest BCUT2D eigenvalue weighted by Crippen LogP contribution is -2.38. The summed E-state index contributed by atoms with van der Waals surface area (Å²) in [7, 11) is 1.23. The Bertz CT molecular complexity index is 1420. The maximum absolute atomic E-state index is 13.9. The topological polar surface area (TPSA) is 79.5 Å². The summed E-state index contributed by atoms with van der Waals surface area (Å²) in [5.41, 5.74) is -0.520. The number of benzene rings is 2. The van der Waals surface area contributed by atoms with Crippen LogP contribution in [-0.2, 0) is 38.7 Å². The average Bonchev–Trinajstić information content (AvgIpc) is 3.23. The van der Waals surface area contributed by atoms with Crippen LogP contribution in [0.5, 0.6) is 0 Å². The van der Waals surface area contributed by atoms with Gasteiger partial charge in [0.05, 0.1) is 18.4 Å². The van der Waals surface area contributed by atoms with Gasteiger partial charge in [0, 0.05) is 17.4 Å². The number of methoxy groups -OCH3 is 1. The lowest BCUT2D eigenvalue weighted by Gasteiger charge is -2.27. The van der Waals surface area contributed by atoms with Crippen LogP contribution in [0, 0.1) is 5.82 Å². The number of hydrogen-bond donors (Lipinski definition) is 0. The van der Waals surface area contributed by atoms with Crippen LogP contribution in [-0.4, -0.2) is 38.5 Å². The van der Waals surface area contributed by atoms with Gasteiger partial charge in [0.1, 0.15) is 23.1 Å². The van der Waals surface area contributed by atoms with Gasteiger partial charge < -0.3 is 9.29 Å². The molecule has 1 unspecified atom stereocenters. The largest absolute Gasteiger partial charge is 0.610 e. The van der Waals surface area contributed by atoms with Crippen molar-refractivity contribution in [2.45, 2.75) is 30.0 Å². The van der Waals surface area contributed by atoms with Crippen LogP contribution in [0.4, 0.5) is 17.6 Å². The maximum Gasteiger partial charge on any atom is 0.416 e. The molecule has 2 atom stereocenters. The van der Waals surface area contributed by atoms with Gasteiger partial charge in [-0.15, -0.1) is 5.10 Å². The van der Waals surface area contributed by atoms with Crippen molar-refractivity contribution in [1.82, 2.24) is 14.6 Å². The Morgan fingerprint density at radius 2 is 1.83 bits per heavy atom. The molecule has 0 N–H and O–H groups in total. The first-order valence-electron chi connectivity index (χ1n) is 10.7. The van der Waals surface area contributed by atoms with Crippen LogP contribution in [0.2, 0.25) is 0 Å². The Morgan fingerprint density at radius 1 is 1.14 bits per heavy atom. The zero-order valence-corrected chi connectivity index (χ0v) is 20.3. The Morgan fingerprint density at radius 3 is 2.42 bits per heavy atom. The lowest BCUT2D eigenvalue weighted by atomic mass is 9.80. The van der Waals surface area contributed by atoms with E-state index >= 15 is 0 Å². The van der Waals surface area contributed by atoms with Crippen molar-refractivity contribution in [3.8, 4) is 11.1 Å². The standard InChI is InChI=1S/C25H21F4N3O3S/c1-24(23(33)35-2,14-15-5-4-6-18(26)13-15)19-11-12-30-21-20(22(36(3)34)31-32(19)21)16-7-9-17(10-8-16)25(27,28)29/h4-13H,14H2,1-3H3/t24-,36?/m1/s1. The number of esters is 1. The quantitative estimate of drug-likeness (QED) is 0.204. The summed E-state index contributed by atoms with van der Waals surface area (Å²) in [6.07, 6.45) is -1.65. The molecule has 6 nitrogen and oxygen atoms in total. The number of ether oxygens (including phenoxy) is 1. The summed E-state index contributed by atoms with van der Waals surface area (Å²) >= 11 is -1.64. The van der Waals surface area contributed by atoms with E-state index in [0.717, 1.165) is 12.1 Å². The molecular weight excluding hydrogens is 498 g/mol. The number of hydrogen-bond acceptors (Lipinski definition) is 5. The highest BCUT2D eigenvalue weighted by molar-refractivity contribution is 7.90. The predicted molar refractivity (Wildman–Crippen MR) is 125 cm³/mol. The van der Waals surface area contributed by atoms with E-state index in [0.29, 0.717) is 16.8 Å². The molecule has 0 fully saturated rings. The lowest BCUT2D eigenvalue weighted by molar-refractivity contribution is -0.147. The van der Waals surface area contributed by atoms with Crippen molar-refractivity contribution in [2.75, 3.05) is 13.4 Å². The summed E-state index contributed by atoms with van der Waals surface area (Å²) in [6, 6.07) is 11.7. The van der Waals surface area contributed by atoms with Crippen LogP contribution >= 0.6 is 0 Å². The van der Waals surface area contributed by atoms with E-state index in [-0.39, 0.29) is 22.7 Å². The van der Waals surface area contributed by atoms with E-state index in [4.69, 9.17) is 4.74 Å². The normalized spacial score (nSPS) is 14.4. The van der Waals surface area contributed by atoms with Crippen LogP contribution in [0.1, 0.15) is 23.7 Å². The van der Waals surface area contributed by atoms with Gasteiger partial charge in [-0.1, -0.05) is 24.3 Å².